The lowest BCUT2D eigenvalue weighted by molar-refractivity contribution is 0.435. The second-order valence-corrected chi connectivity index (χ2v) is 3.81. The summed E-state index contributed by atoms with van der Waals surface area (Å²) < 4.78 is 5.05. The molecule has 0 aliphatic rings. The van der Waals surface area contributed by atoms with E-state index in [1.807, 2.05) is 13.8 Å². The Morgan fingerprint density at radius 3 is 2.86 bits per heavy atom. The minimum Gasteiger partial charge on any atom is -0.396 e. The van der Waals surface area contributed by atoms with Crippen LogP contribution in [0.15, 0.2) is 10.7 Å². The molecule has 2 aromatic rings. The van der Waals surface area contributed by atoms with Crippen LogP contribution in [0.25, 0.3) is 11.1 Å². The van der Waals surface area contributed by atoms with Gasteiger partial charge in [0.2, 0.25) is 0 Å². The van der Waals surface area contributed by atoms with E-state index in [2.05, 4.69) is 10.1 Å². The van der Waals surface area contributed by atoms with E-state index in [1.54, 1.807) is 0 Å². The normalized spacial score (nSPS) is 11.4. The number of nitrogens with zero attached hydrogens (tertiary/aromatic N) is 2. The summed E-state index contributed by atoms with van der Waals surface area (Å²) in [6, 6.07) is 0. The maximum absolute atomic E-state index is 6.05. The molecule has 2 aromatic heterocycles. The van der Waals surface area contributed by atoms with Crippen molar-refractivity contribution in [1.82, 2.24) is 10.1 Å². The number of hydrogen-bond donors (Lipinski definition) is 1. The monoisotopic (exact) mass is 211 g/mol. The fraction of sp³-hybridized carbons (Fsp3) is 0.333. The Balaban J connectivity index is 2.82. The Bertz CT molecular complexity index is 478. The lowest BCUT2D eigenvalue weighted by Crippen LogP contribution is -1.92. The van der Waals surface area contributed by atoms with Crippen LogP contribution in [-0.4, -0.2) is 10.1 Å². The van der Waals surface area contributed by atoms with Gasteiger partial charge in [-0.05, 0) is 5.92 Å². The molecule has 0 fully saturated rings. The van der Waals surface area contributed by atoms with E-state index in [-0.39, 0.29) is 5.92 Å². The number of rotatable bonds is 1. The second kappa shape index (κ2) is 3.13. The van der Waals surface area contributed by atoms with Crippen LogP contribution in [0.4, 0.5) is 5.69 Å². The molecule has 14 heavy (non-hydrogen) atoms. The van der Waals surface area contributed by atoms with Gasteiger partial charge in [-0.15, -0.1) is 0 Å². The Hall–Kier alpha value is -1.29. The lowest BCUT2D eigenvalue weighted by Gasteiger charge is -2.01. The van der Waals surface area contributed by atoms with Crippen LogP contribution < -0.4 is 5.73 Å². The number of nitrogens with two attached hydrogens (primary N) is 1. The van der Waals surface area contributed by atoms with E-state index in [4.69, 9.17) is 21.9 Å². The number of nitrogen functional groups attached to an aromatic ring is 1. The van der Waals surface area contributed by atoms with Crippen LogP contribution in [0.1, 0.15) is 25.5 Å². The number of halogens is 1. The van der Waals surface area contributed by atoms with E-state index in [0.717, 1.165) is 11.1 Å². The fourth-order valence-electron chi connectivity index (χ4n) is 1.31. The minimum atomic E-state index is 0.234. The molecule has 2 heterocycles. The van der Waals surface area contributed by atoms with Crippen LogP contribution in [-0.2, 0) is 0 Å². The highest BCUT2D eigenvalue weighted by Crippen LogP contribution is 2.32. The summed E-state index contributed by atoms with van der Waals surface area (Å²) in [5.41, 5.74) is 7.33. The van der Waals surface area contributed by atoms with Gasteiger partial charge >= 0.3 is 0 Å². The van der Waals surface area contributed by atoms with E-state index in [1.165, 1.54) is 6.20 Å². The van der Waals surface area contributed by atoms with Gasteiger partial charge in [0.25, 0.3) is 5.71 Å². The largest absolute Gasteiger partial charge is 0.396 e. The van der Waals surface area contributed by atoms with Gasteiger partial charge in [-0.1, -0.05) is 30.6 Å². The first-order valence-electron chi connectivity index (χ1n) is 4.30. The van der Waals surface area contributed by atoms with Crippen LogP contribution in [0.3, 0.4) is 0 Å². The smallest absolute Gasteiger partial charge is 0.259 e. The lowest BCUT2D eigenvalue weighted by atomic mass is 10.1. The molecule has 0 radical (unpaired) electrons. The van der Waals surface area contributed by atoms with Crippen molar-refractivity contribution >= 4 is 28.4 Å². The molecule has 0 aliphatic carbocycles. The van der Waals surface area contributed by atoms with Gasteiger partial charge in [-0.25, -0.2) is 4.98 Å². The highest BCUT2D eigenvalue weighted by molar-refractivity contribution is 6.37. The molecule has 0 atom stereocenters. The SMILES string of the molecule is CC(C)c1noc2ncc(N)c(Cl)c12. The standard InChI is InChI=1S/C9H10ClN3O/c1-4(2)8-6-7(10)5(11)3-12-9(6)14-13-8/h3-4H,11H2,1-2H3. The van der Waals surface area contributed by atoms with Gasteiger partial charge in [-0.3, -0.25) is 0 Å². The molecule has 74 valence electrons. The maximum atomic E-state index is 6.05. The molecule has 2 rings (SSSR count). The molecule has 0 saturated carbocycles. The fourth-order valence-corrected chi connectivity index (χ4v) is 1.54. The minimum absolute atomic E-state index is 0.234. The van der Waals surface area contributed by atoms with Crippen molar-refractivity contribution in [2.75, 3.05) is 5.73 Å². The molecule has 0 aliphatic heterocycles. The summed E-state index contributed by atoms with van der Waals surface area (Å²) >= 11 is 6.05. The topological polar surface area (TPSA) is 64.9 Å². The van der Waals surface area contributed by atoms with Gasteiger partial charge in [0.15, 0.2) is 0 Å². The highest BCUT2D eigenvalue weighted by atomic mass is 35.5. The predicted octanol–water partition coefficient (Wildman–Crippen LogP) is 2.58. The van der Waals surface area contributed by atoms with Crippen molar-refractivity contribution in [1.29, 1.82) is 0 Å². The third kappa shape index (κ3) is 1.23. The number of anilines is 1. The molecule has 0 unspecified atom stereocenters. The van der Waals surface area contributed by atoms with Gasteiger partial charge in [-0.2, -0.15) is 0 Å². The van der Waals surface area contributed by atoms with Crippen molar-refractivity contribution < 1.29 is 4.52 Å². The highest BCUT2D eigenvalue weighted by Gasteiger charge is 2.17. The van der Waals surface area contributed by atoms with E-state index in [0.29, 0.717) is 16.4 Å². The molecular weight excluding hydrogens is 202 g/mol. The maximum Gasteiger partial charge on any atom is 0.259 e. The van der Waals surface area contributed by atoms with Crippen molar-refractivity contribution in [3.05, 3.63) is 16.9 Å². The van der Waals surface area contributed by atoms with Crippen molar-refractivity contribution in [3.63, 3.8) is 0 Å². The van der Waals surface area contributed by atoms with Crippen LogP contribution in [0, 0.1) is 0 Å². The first-order valence-corrected chi connectivity index (χ1v) is 4.68. The number of fused-ring (bicyclic) bond motifs is 1. The number of aromatic nitrogens is 2. The molecule has 0 bridgehead atoms. The first kappa shape index (κ1) is 9.27. The van der Waals surface area contributed by atoms with Gasteiger partial charge < -0.3 is 10.3 Å². The Morgan fingerprint density at radius 2 is 2.21 bits per heavy atom. The van der Waals surface area contributed by atoms with Crippen molar-refractivity contribution in [3.8, 4) is 0 Å². The second-order valence-electron chi connectivity index (χ2n) is 3.43. The van der Waals surface area contributed by atoms with Crippen LogP contribution >= 0.6 is 11.6 Å². The Labute approximate surface area is 86.0 Å². The van der Waals surface area contributed by atoms with E-state index in [9.17, 15) is 0 Å². The zero-order chi connectivity index (χ0) is 10.3. The molecule has 0 aromatic carbocycles. The average molecular weight is 212 g/mol. The third-order valence-electron chi connectivity index (χ3n) is 2.04. The van der Waals surface area contributed by atoms with Crippen molar-refractivity contribution in [2.24, 2.45) is 0 Å². The summed E-state index contributed by atoms with van der Waals surface area (Å²) in [7, 11) is 0. The summed E-state index contributed by atoms with van der Waals surface area (Å²) in [6.07, 6.45) is 1.47. The molecule has 5 heteroatoms. The Kier molecular flexibility index (Phi) is 2.07. The summed E-state index contributed by atoms with van der Waals surface area (Å²) in [4.78, 5) is 4.01. The number of pyridine rings is 1. The summed E-state index contributed by atoms with van der Waals surface area (Å²) in [6.45, 7) is 4.02. The van der Waals surface area contributed by atoms with Crippen LogP contribution in [0.5, 0.6) is 0 Å². The summed E-state index contributed by atoms with van der Waals surface area (Å²) in [5.74, 6) is 0.234. The molecular formula is C9H10ClN3O. The first-order chi connectivity index (χ1) is 6.61. The predicted molar refractivity (Wildman–Crippen MR) is 55.3 cm³/mol. The quantitative estimate of drug-likeness (QED) is 0.788. The molecule has 0 spiro atoms. The van der Waals surface area contributed by atoms with Gasteiger partial charge in [0.1, 0.15) is 0 Å². The van der Waals surface area contributed by atoms with Gasteiger partial charge in [0.05, 0.1) is 28.0 Å². The molecule has 0 saturated heterocycles. The third-order valence-corrected chi connectivity index (χ3v) is 2.45. The Morgan fingerprint density at radius 1 is 1.50 bits per heavy atom. The molecule has 4 nitrogen and oxygen atoms in total. The molecule has 2 N–H and O–H groups in total. The molecule has 0 amide bonds. The zero-order valence-electron chi connectivity index (χ0n) is 7.91. The summed E-state index contributed by atoms with van der Waals surface area (Å²) in [5, 5.41) is 5.12. The number of hydrogen-bond acceptors (Lipinski definition) is 4. The van der Waals surface area contributed by atoms with E-state index < -0.39 is 0 Å². The average Bonchev–Trinajstić information content (AvgIpc) is 2.55. The van der Waals surface area contributed by atoms with E-state index >= 15 is 0 Å². The van der Waals surface area contributed by atoms with Crippen LogP contribution in [0.2, 0.25) is 5.02 Å². The zero-order valence-corrected chi connectivity index (χ0v) is 8.67. The van der Waals surface area contributed by atoms with Crippen molar-refractivity contribution in [2.45, 2.75) is 19.8 Å². The van der Waals surface area contributed by atoms with Gasteiger partial charge in [0, 0.05) is 0 Å².